The predicted octanol–water partition coefficient (Wildman–Crippen LogP) is 2.64. The Hall–Kier alpha value is -2.05. The first-order valence-corrected chi connectivity index (χ1v) is 8.18. The second-order valence-electron chi connectivity index (χ2n) is 5.56. The third-order valence-electron chi connectivity index (χ3n) is 4.16. The maximum Gasteiger partial charge on any atom is 0.247 e. The van der Waals surface area contributed by atoms with Crippen molar-refractivity contribution in [2.24, 2.45) is 5.73 Å². The lowest BCUT2D eigenvalue weighted by Gasteiger charge is -2.45. The Labute approximate surface area is 142 Å². The molecule has 0 bridgehead atoms. The van der Waals surface area contributed by atoms with E-state index in [9.17, 15) is 4.79 Å². The first-order chi connectivity index (χ1) is 11.1. The molecular weight excluding hydrogens is 360 g/mol. The molecule has 0 saturated carbocycles. The van der Waals surface area contributed by atoms with E-state index >= 15 is 0 Å². The molecule has 0 spiro atoms. The number of anilines is 1. The van der Waals surface area contributed by atoms with Crippen molar-refractivity contribution >= 4 is 27.5 Å². The van der Waals surface area contributed by atoms with Crippen molar-refractivity contribution in [3.63, 3.8) is 0 Å². The standard InChI is InChI=1S/C17H15BrN2O3/c18-11-3-1-10(2-4-11)16-15(19)17(21)20(16)12-5-6-13-14(9-12)23-8-7-22-13/h1-6,9,15-16H,7-8,19H2/t15-,16+/m1/s1. The molecule has 2 aromatic rings. The van der Waals surface area contributed by atoms with Gasteiger partial charge in [-0.2, -0.15) is 0 Å². The van der Waals surface area contributed by atoms with Crippen LogP contribution in [-0.2, 0) is 4.79 Å². The van der Waals surface area contributed by atoms with Crippen molar-refractivity contribution in [1.29, 1.82) is 0 Å². The second kappa shape index (κ2) is 5.54. The largest absolute Gasteiger partial charge is 0.486 e. The van der Waals surface area contributed by atoms with Crippen molar-refractivity contribution in [3.8, 4) is 11.5 Å². The average Bonchev–Trinajstić information content (AvgIpc) is 2.59. The van der Waals surface area contributed by atoms with E-state index in [1.165, 1.54) is 0 Å². The first-order valence-electron chi connectivity index (χ1n) is 7.39. The van der Waals surface area contributed by atoms with Crippen LogP contribution in [0.3, 0.4) is 0 Å². The summed E-state index contributed by atoms with van der Waals surface area (Å²) < 4.78 is 12.1. The van der Waals surface area contributed by atoms with E-state index < -0.39 is 6.04 Å². The highest BCUT2D eigenvalue weighted by Gasteiger charge is 2.46. The number of carbonyl (C=O) groups excluding carboxylic acids is 1. The van der Waals surface area contributed by atoms with Crippen molar-refractivity contribution in [3.05, 3.63) is 52.5 Å². The lowest BCUT2D eigenvalue weighted by Crippen LogP contribution is -2.63. The summed E-state index contributed by atoms with van der Waals surface area (Å²) in [6.45, 7) is 1.06. The molecule has 4 rings (SSSR count). The van der Waals surface area contributed by atoms with Gasteiger partial charge in [0, 0.05) is 16.2 Å². The van der Waals surface area contributed by atoms with Crippen molar-refractivity contribution in [2.75, 3.05) is 18.1 Å². The molecule has 0 unspecified atom stereocenters. The number of rotatable bonds is 2. The van der Waals surface area contributed by atoms with Gasteiger partial charge in [-0.15, -0.1) is 0 Å². The lowest BCUT2D eigenvalue weighted by molar-refractivity contribution is -0.126. The maximum absolute atomic E-state index is 12.3. The van der Waals surface area contributed by atoms with Crippen LogP contribution in [0.5, 0.6) is 11.5 Å². The number of benzene rings is 2. The number of amides is 1. The van der Waals surface area contributed by atoms with Crippen LogP contribution in [0.1, 0.15) is 11.6 Å². The molecule has 6 heteroatoms. The summed E-state index contributed by atoms with van der Waals surface area (Å²) in [5.74, 6) is 1.28. The fourth-order valence-electron chi connectivity index (χ4n) is 3.00. The highest BCUT2D eigenvalue weighted by molar-refractivity contribution is 9.10. The van der Waals surface area contributed by atoms with Crippen LogP contribution < -0.4 is 20.1 Å². The summed E-state index contributed by atoms with van der Waals surface area (Å²) in [6.07, 6.45) is 0. The highest BCUT2D eigenvalue weighted by atomic mass is 79.9. The van der Waals surface area contributed by atoms with Crippen molar-refractivity contribution < 1.29 is 14.3 Å². The monoisotopic (exact) mass is 374 g/mol. The highest BCUT2D eigenvalue weighted by Crippen LogP contribution is 2.42. The maximum atomic E-state index is 12.3. The smallest absolute Gasteiger partial charge is 0.247 e. The molecule has 5 nitrogen and oxygen atoms in total. The van der Waals surface area contributed by atoms with Gasteiger partial charge >= 0.3 is 0 Å². The number of fused-ring (bicyclic) bond motifs is 1. The molecule has 2 aliphatic heterocycles. The van der Waals surface area contributed by atoms with Gasteiger partial charge in [-0.05, 0) is 29.8 Å². The third kappa shape index (κ3) is 2.38. The van der Waals surface area contributed by atoms with Crippen molar-refractivity contribution in [2.45, 2.75) is 12.1 Å². The van der Waals surface area contributed by atoms with Crippen LogP contribution in [0.15, 0.2) is 46.9 Å². The molecular formula is C17H15BrN2O3. The van der Waals surface area contributed by atoms with Gasteiger partial charge in [0.15, 0.2) is 11.5 Å². The SMILES string of the molecule is N[C@H]1C(=O)N(c2ccc3c(c2)OCCO3)[C@H]1c1ccc(Br)cc1. The molecule has 1 fully saturated rings. The Kier molecular flexibility index (Phi) is 3.50. The van der Waals surface area contributed by atoms with Crippen LogP contribution in [0, 0.1) is 0 Å². The zero-order valence-electron chi connectivity index (χ0n) is 12.2. The second-order valence-corrected chi connectivity index (χ2v) is 6.47. The molecule has 2 aliphatic rings. The van der Waals surface area contributed by atoms with E-state index in [0.717, 1.165) is 15.7 Å². The summed E-state index contributed by atoms with van der Waals surface area (Å²) in [5, 5.41) is 0. The Morgan fingerprint density at radius 1 is 1.04 bits per heavy atom. The number of halogens is 1. The fourth-order valence-corrected chi connectivity index (χ4v) is 3.26. The topological polar surface area (TPSA) is 64.8 Å². The first kappa shape index (κ1) is 14.5. The molecule has 1 saturated heterocycles. The minimum atomic E-state index is -0.524. The van der Waals surface area contributed by atoms with Gasteiger partial charge < -0.3 is 20.1 Å². The van der Waals surface area contributed by atoms with Gasteiger partial charge in [-0.3, -0.25) is 4.79 Å². The van der Waals surface area contributed by atoms with E-state index in [1.807, 2.05) is 42.5 Å². The summed E-state index contributed by atoms with van der Waals surface area (Å²) in [7, 11) is 0. The Bertz CT molecular complexity index is 763. The minimum absolute atomic E-state index is 0.0883. The van der Waals surface area contributed by atoms with Gasteiger partial charge in [0.25, 0.3) is 0 Å². The lowest BCUT2D eigenvalue weighted by atomic mass is 9.88. The summed E-state index contributed by atoms with van der Waals surface area (Å²) >= 11 is 3.42. The number of nitrogens with zero attached hydrogens (tertiary/aromatic N) is 1. The molecule has 0 aromatic heterocycles. The number of carbonyl (C=O) groups is 1. The summed E-state index contributed by atoms with van der Waals surface area (Å²) in [6, 6.07) is 12.7. The summed E-state index contributed by atoms with van der Waals surface area (Å²) in [5.41, 5.74) is 7.82. The minimum Gasteiger partial charge on any atom is -0.486 e. The van der Waals surface area contributed by atoms with Crippen LogP contribution >= 0.6 is 15.9 Å². The van der Waals surface area contributed by atoms with Crippen molar-refractivity contribution in [1.82, 2.24) is 0 Å². The van der Waals surface area contributed by atoms with E-state index in [1.54, 1.807) is 4.90 Å². The van der Waals surface area contributed by atoms with Crippen LogP contribution in [0.25, 0.3) is 0 Å². The molecule has 118 valence electrons. The Morgan fingerprint density at radius 3 is 2.48 bits per heavy atom. The van der Waals surface area contributed by atoms with Crippen LogP contribution in [-0.4, -0.2) is 25.2 Å². The van der Waals surface area contributed by atoms with Crippen LogP contribution in [0.2, 0.25) is 0 Å². The Balaban J connectivity index is 1.69. The Morgan fingerprint density at radius 2 is 1.74 bits per heavy atom. The molecule has 0 aliphatic carbocycles. The predicted molar refractivity (Wildman–Crippen MR) is 89.8 cm³/mol. The normalized spacial score (nSPS) is 22.7. The van der Waals surface area contributed by atoms with Gasteiger partial charge in [-0.1, -0.05) is 28.1 Å². The number of nitrogens with two attached hydrogens (primary N) is 1. The molecule has 0 radical (unpaired) electrons. The van der Waals surface area contributed by atoms with E-state index in [-0.39, 0.29) is 11.9 Å². The number of ether oxygens (including phenoxy) is 2. The van der Waals surface area contributed by atoms with Gasteiger partial charge in [-0.25, -0.2) is 0 Å². The molecule has 1 amide bonds. The molecule has 2 aromatic carbocycles. The summed E-state index contributed by atoms with van der Waals surface area (Å²) in [4.78, 5) is 14.0. The number of hydrogen-bond donors (Lipinski definition) is 1. The molecule has 2 atom stereocenters. The van der Waals surface area contributed by atoms with E-state index in [2.05, 4.69) is 15.9 Å². The van der Waals surface area contributed by atoms with Crippen LogP contribution in [0.4, 0.5) is 5.69 Å². The quantitative estimate of drug-likeness (QED) is 0.820. The third-order valence-corrected chi connectivity index (χ3v) is 4.69. The zero-order valence-corrected chi connectivity index (χ0v) is 13.8. The van der Waals surface area contributed by atoms with Gasteiger partial charge in [0.1, 0.15) is 19.3 Å². The fraction of sp³-hybridized carbons (Fsp3) is 0.235. The molecule has 2 N–H and O–H groups in total. The van der Waals surface area contributed by atoms with E-state index in [4.69, 9.17) is 15.2 Å². The molecule has 23 heavy (non-hydrogen) atoms. The molecule has 2 heterocycles. The van der Waals surface area contributed by atoms with E-state index in [0.29, 0.717) is 24.7 Å². The number of hydrogen-bond acceptors (Lipinski definition) is 4. The average molecular weight is 375 g/mol. The van der Waals surface area contributed by atoms with Gasteiger partial charge in [0.05, 0.1) is 6.04 Å². The zero-order chi connectivity index (χ0) is 16.0. The van der Waals surface area contributed by atoms with Gasteiger partial charge in [0.2, 0.25) is 5.91 Å². The number of β-lactam (4-membered cyclic amide) rings is 1.